The fraction of sp³-hybridized carbons (Fsp3) is 0.226. The van der Waals surface area contributed by atoms with E-state index in [1.807, 2.05) is 24.4 Å². The number of aryl methyl sites for hydroxylation is 1. The van der Waals surface area contributed by atoms with Gasteiger partial charge in [0, 0.05) is 40.6 Å². The number of hydrogen-bond acceptors (Lipinski definition) is 5. The van der Waals surface area contributed by atoms with Gasteiger partial charge in [-0.1, -0.05) is 25.1 Å². The molecule has 1 aliphatic heterocycles. The summed E-state index contributed by atoms with van der Waals surface area (Å²) in [5.74, 6) is 0.861. The second-order valence-electron chi connectivity index (χ2n) is 9.46. The molecule has 0 amide bonds. The summed E-state index contributed by atoms with van der Waals surface area (Å²) in [5, 5.41) is 2.00. The first-order valence-corrected chi connectivity index (χ1v) is 12.8. The summed E-state index contributed by atoms with van der Waals surface area (Å²) in [7, 11) is 0. The zero-order valence-corrected chi connectivity index (χ0v) is 21.4. The van der Waals surface area contributed by atoms with E-state index in [-0.39, 0.29) is 17.9 Å². The van der Waals surface area contributed by atoms with Crippen LogP contribution in [0, 0.1) is 6.92 Å². The number of nitrogens with zero attached hydrogens (tertiary/aromatic N) is 2. The van der Waals surface area contributed by atoms with E-state index < -0.39 is 6.36 Å². The number of benzene rings is 3. The van der Waals surface area contributed by atoms with Crippen LogP contribution in [0.3, 0.4) is 0 Å². The molecule has 0 N–H and O–H groups in total. The van der Waals surface area contributed by atoms with Crippen LogP contribution in [0.1, 0.15) is 29.2 Å². The molecule has 3 aromatic carbocycles. The topological polar surface area (TPSA) is 53.5 Å². The number of fused-ring (bicyclic) bond motifs is 1. The Hall–Kier alpha value is -4.33. The van der Waals surface area contributed by atoms with Crippen molar-refractivity contribution in [2.24, 2.45) is 0 Å². The molecule has 0 unspecified atom stereocenters. The summed E-state index contributed by atoms with van der Waals surface area (Å²) >= 11 is 0. The molecule has 5 aromatic rings. The Morgan fingerprint density at radius 2 is 1.87 bits per heavy atom. The third-order valence-corrected chi connectivity index (χ3v) is 7.07. The van der Waals surface area contributed by atoms with Crippen molar-refractivity contribution < 1.29 is 27.4 Å². The molecule has 0 spiro atoms. The molecule has 6 rings (SSSR count). The number of para-hydroxylation sites is 1. The van der Waals surface area contributed by atoms with Crippen molar-refractivity contribution in [1.82, 2.24) is 9.97 Å². The quantitative estimate of drug-likeness (QED) is 0.225. The lowest BCUT2D eigenvalue weighted by Crippen LogP contribution is -2.18. The zero-order valence-electron chi connectivity index (χ0n) is 21.4. The Bertz CT molecular complexity index is 1710. The van der Waals surface area contributed by atoms with Gasteiger partial charge in [-0.05, 0) is 72.0 Å². The summed E-state index contributed by atoms with van der Waals surface area (Å²) < 4.78 is 54.4. The van der Waals surface area contributed by atoms with Gasteiger partial charge in [0.05, 0.1) is 17.6 Å². The van der Waals surface area contributed by atoms with Crippen LogP contribution in [-0.4, -0.2) is 22.9 Å². The zero-order chi connectivity index (χ0) is 27.1. The third kappa shape index (κ3) is 4.71. The molecular weight excluding hydrogens is 505 g/mol. The number of rotatable bonds is 6. The first-order chi connectivity index (χ1) is 18.8. The average molecular weight is 531 g/mol. The average Bonchev–Trinajstić information content (AvgIpc) is 2.91. The highest BCUT2D eigenvalue weighted by atomic mass is 19.4. The van der Waals surface area contributed by atoms with Gasteiger partial charge in [-0.3, -0.25) is 4.98 Å². The Morgan fingerprint density at radius 3 is 2.69 bits per heavy atom. The molecule has 5 nitrogen and oxygen atoms in total. The summed E-state index contributed by atoms with van der Waals surface area (Å²) in [6.45, 7) is 4.72. The van der Waals surface area contributed by atoms with Gasteiger partial charge in [-0.2, -0.15) is 0 Å². The number of aromatic nitrogens is 2. The molecule has 0 fully saturated rings. The Balaban J connectivity index is 1.42. The summed E-state index contributed by atoms with van der Waals surface area (Å²) in [6, 6.07) is 17.8. The lowest BCUT2D eigenvalue weighted by Gasteiger charge is -2.21. The van der Waals surface area contributed by atoms with Crippen LogP contribution in [0.15, 0.2) is 66.9 Å². The maximum Gasteiger partial charge on any atom is 0.573 e. The van der Waals surface area contributed by atoms with Crippen LogP contribution in [-0.2, 0) is 19.4 Å². The van der Waals surface area contributed by atoms with E-state index in [9.17, 15) is 13.2 Å². The lowest BCUT2D eigenvalue weighted by molar-refractivity contribution is -0.275. The maximum atomic E-state index is 12.8. The second kappa shape index (κ2) is 9.76. The van der Waals surface area contributed by atoms with Crippen molar-refractivity contribution in [1.29, 1.82) is 0 Å². The fourth-order valence-electron chi connectivity index (χ4n) is 5.38. The highest BCUT2D eigenvalue weighted by Crippen LogP contribution is 2.42. The van der Waals surface area contributed by atoms with E-state index in [1.54, 1.807) is 12.1 Å². The number of alkyl halides is 3. The van der Waals surface area contributed by atoms with Crippen molar-refractivity contribution in [2.45, 2.75) is 39.7 Å². The Morgan fingerprint density at radius 1 is 1.03 bits per heavy atom. The third-order valence-electron chi connectivity index (χ3n) is 7.07. The highest BCUT2D eigenvalue weighted by molar-refractivity contribution is 6.07. The molecular formula is C31H25F3N2O3. The van der Waals surface area contributed by atoms with E-state index in [0.717, 1.165) is 57.1 Å². The van der Waals surface area contributed by atoms with Crippen molar-refractivity contribution in [2.75, 3.05) is 6.61 Å². The first-order valence-electron chi connectivity index (χ1n) is 12.8. The van der Waals surface area contributed by atoms with E-state index in [4.69, 9.17) is 19.4 Å². The first kappa shape index (κ1) is 25.0. The predicted molar refractivity (Wildman–Crippen MR) is 143 cm³/mol. The van der Waals surface area contributed by atoms with E-state index in [2.05, 4.69) is 30.7 Å². The largest absolute Gasteiger partial charge is 0.573 e. The molecule has 1 aliphatic rings. The minimum atomic E-state index is -4.79. The number of halogens is 3. The molecule has 0 saturated carbocycles. The van der Waals surface area contributed by atoms with Gasteiger partial charge in [0.2, 0.25) is 5.88 Å². The van der Waals surface area contributed by atoms with Gasteiger partial charge < -0.3 is 14.2 Å². The molecule has 198 valence electrons. The molecule has 0 radical (unpaired) electrons. The normalized spacial score (nSPS) is 12.9. The summed E-state index contributed by atoms with van der Waals surface area (Å²) in [6.07, 6.45) is -1.27. The van der Waals surface area contributed by atoms with Gasteiger partial charge in [0.15, 0.2) is 0 Å². The van der Waals surface area contributed by atoms with Crippen LogP contribution in [0.2, 0.25) is 0 Å². The SMILES string of the molecule is CCc1c(C)cc2nc(OCc3ccccc3OC(F)(F)F)ccc2c1-c1ccc2c3c(ccnc13)CCO2. The standard InChI is InChI=1S/C31H25F3N2O3/c1-3-21-18(2)16-24-22(29(21)23-8-10-26-28-19(13-15-37-26)12-14-35-30(23)28)9-11-27(36-24)38-17-20-6-4-5-7-25(20)39-31(32,33)34/h4-12,14,16H,3,13,15,17H2,1-2H3. The van der Waals surface area contributed by atoms with Gasteiger partial charge in [0.25, 0.3) is 0 Å². The highest BCUT2D eigenvalue weighted by Gasteiger charge is 2.32. The molecule has 2 aromatic heterocycles. The van der Waals surface area contributed by atoms with E-state index >= 15 is 0 Å². The smallest absolute Gasteiger partial charge is 0.493 e. The molecule has 0 bridgehead atoms. The van der Waals surface area contributed by atoms with Gasteiger partial charge >= 0.3 is 6.36 Å². The number of pyridine rings is 2. The van der Waals surface area contributed by atoms with Gasteiger partial charge in [0.1, 0.15) is 18.1 Å². The number of ether oxygens (including phenoxy) is 3. The predicted octanol–water partition coefficient (Wildman–Crippen LogP) is 7.73. The maximum absolute atomic E-state index is 12.8. The minimum Gasteiger partial charge on any atom is -0.493 e. The molecule has 0 saturated heterocycles. The van der Waals surface area contributed by atoms with Crippen LogP contribution in [0.5, 0.6) is 17.4 Å². The molecule has 8 heteroatoms. The Kier molecular flexibility index (Phi) is 6.25. The summed E-state index contributed by atoms with van der Waals surface area (Å²) in [5.41, 5.74) is 7.49. The van der Waals surface area contributed by atoms with Crippen LogP contribution < -0.4 is 14.2 Å². The van der Waals surface area contributed by atoms with Crippen LogP contribution in [0.4, 0.5) is 13.2 Å². The van der Waals surface area contributed by atoms with E-state index in [0.29, 0.717) is 12.5 Å². The van der Waals surface area contributed by atoms with Gasteiger partial charge in [-0.25, -0.2) is 4.98 Å². The molecule has 0 aliphatic carbocycles. The van der Waals surface area contributed by atoms with E-state index in [1.165, 1.54) is 29.3 Å². The van der Waals surface area contributed by atoms with Crippen molar-refractivity contribution >= 4 is 21.8 Å². The van der Waals surface area contributed by atoms with Gasteiger partial charge in [-0.15, -0.1) is 13.2 Å². The minimum absolute atomic E-state index is 0.123. The van der Waals surface area contributed by atoms with Crippen molar-refractivity contribution in [3.8, 4) is 28.5 Å². The lowest BCUT2D eigenvalue weighted by atomic mass is 9.88. The monoisotopic (exact) mass is 530 g/mol. The molecule has 39 heavy (non-hydrogen) atoms. The second-order valence-corrected chi connectivity index (χ2v) is 9.46. The molecule has 0 atom stereocenters. The van der Waals surface area contributed by atoms with Crippen molar-refractivity contribution in [3.05, 3.63) is 89.1 Å². The van der Waals surface area contributed by atoms with Crippen LogP contribution >= 0.6 is 0 Å². The fourth-order valence-corrected chi connectivity index (χ4v) is 5.38. The number of hydrogen-bond donors (Lipinski definition) is 0. The van der Waals surface area contributed by atoms with Crippen LogP contribution in [0.25, 0.3) is 32.9 Å². The van der Waals surface area contributed by atoms with Crippen molar-refractivity contribution in [3.63, 3.8) is 0 Å². The molecule has 3 heterocycles. The Labute approximate surface area is 223 Å². The summed E-state index contributed by atoms with van der Waals surface area (Å²) in [4.78, 5) is 9.50.